The van der Waals surface area contributed by atoms with E-state index in [1.165, 1.54) is 0 Å². The zero-order chi connectivity index (χ0) is 9.40. The lowest BCUT2D eigenvalue weighted by Gasteiger charge is -2.03. The van der Waals surface area contributed by atoms with Crippen LogP contribution in [-0.2, 0) is 4.79 Å². The minimum absolute atomic E-state index is 0.364. The van der Waals surface area contributed by atoms with Gasteiger partial charge in [0, 0.05) is 0 Å². The van der Waals surface area contributed by atoms with Crippen molar-refractivity contribution in [2.75, 3.05) is 6.54 Å². The smallest absolute Gasteiger partial charge is 0.320 e. The zero-order valence-electron chi connectivity index (χ0n) is 6.47. The monoisotopic (exact) mass is 173 g/mol. The number of nitrogens with two attached hydrogens (primary N) is 1. The van der Waals surface area contributed by atoms with Gasteiger partial charge in [-0.3, -0.25) is 10.2 Å². The van der Waals surface area contributed by atoms with Crippen molar-refractivity contribution < 1.29 is 9.90 Å². The third-order valence-corrected chi connectivity index (χ3v) is 1.24. The van der Waals surface area contributed by atoms with Gasteiger partial charge < -0.3 is 10.8 Å². The molecule has 0 heterocycles. The van der Waals surface area contributed by atoms with Crippen LogP contribution in [0.1, 0.15) is 12.8 Å². The van der Waals surface area contributed by atoms with Crippen LogP contribution in [0.3, 0.4) is 0 Å². The van der Waals surface area contributed by atoms with E-state index >= 15 is 0 Å². The maximum absolute atomic E-state index is 10.2. The van der Waals surface area contributed by atoms with Crippen LogP contribution in [0.5, 0.6) is 0 Å². The van der Waals surface area contributed by atoms with Crippen LogP contribution in [0.2, 0.25) is 0 Å². The second-order valence-electron chi connectivity index (χ2n) is 2.18. The van der Waals surface area contributed by atoms with Crippen molar-refractivity contribution in [2.24, 2.45) is 11.0 Å². The lowest BCUT2D eigenvalue weighted by molar-refractivity contribution is -0.138. The molecule has 0 fully saturated rings. The maximum atomic E-state index is 10.2. The van der Waals surface area contributed by atoms with Crippen molar-refractivity contribution in [3.63, 3.8) is 0 Å². The number of rotatable bonds is 6. The first-order chi connectivity index (χ1) is 5.68. The Hall–Kier alpha value is -1.46. The number of carboxylic acid groups (broad SMARTS) is 1. The summed E-state index contributed by atoms with van der Waals surface area (Å²) in [5.74, 6) is -1.02. The normalized spacial score (nSPS) is 11.4. The quantitative estimate of drug-likeness (QED) is 0.172. The van der Waals surface area contributed by atoms with E-state index in [-0.39, 0.29) is 0 Å². The summed E-state index contributed by atoms with van der Waals surface area (Å²) in [5, 5.41) is 11.4. The molecule has 0 spiro atoms. The van der Waals surface area contributed by atoms with Gasteiger partial charge in [-0.1, -0.05) is 0 Å². The van der Waals surface area contributed by atoms with Crippen molar-refractivity contribution in [3.05, 3.63) is 10.4 Å². The van der Waals surface area contributed by atoms with E-state index < -0.39 is 12.0 Å². The number of nitrogens with one attached hydrogen (secondary N) is 1. The third-order valence-electron chi connectivity index (χ3n) is 1.24. The first-order valence-electron chi connectivity index (χ1n) is 3.44. The molecule has 0 amide bonds. The molecule has 68 valence electrons. The third kappa shape index (κ3) is 5.33. The molecule has 0 aliphatic rings. The molecule has 0 aliphatic carbocycles. The Balaban J connectivity index is 3.31. The summed E-state index contributed by atoms with van der Waals surface area (Å²) in [7, 11) is 0. The Labute approximate surface area is 69.1 Å². The van der Waals surface area contributed by atoms with E-state index in [1.54, 1.807) is 0 Å². The number of carboxylic acids is 1. The Morgan fingerprint density at radius 3 is 3.00 bits per heavy atom. The highest BCUT2D eigenvalue weighted by atomic mass is 16.4. The van der Waals surface area contributed by atoms with Gasteiger partial charge in [-0.15, -0.1) is 5.53 Å². The minimum atomic E-state index is -1.02. The number of nitrogens with zero attached hydrogens (tertiary/aromatic N) is 3. The molecule has 0 aromatic carbocycles. The molecule has 7 heteroatoms. The second-order valence-corrected chi connectivity index (χ2v) is 2.18. The van der Waals surface area contributed by atoms with Gasteiger partial charge in [0.1, 0.15) is 6.04 Å². The first kappa shape index (κ1) is 10.5. The fourth-order valence-electron chi connectivity index (χ4n) is 0.606. The number of hydrogen-bond donors (Lipinski definition) is 3. The van der Waals surface area contributed by atoms with E-state index in [0.717, 1.165) is 0 Å². The first-order valence-corrected chi connectivity index (χ1v) is 3.44. The summed E-state index contributed by atoms with van der Waals surface area (Å²) in [6.07, 6.45) is 0.926. The van der Waals surface area contributed by atoms with Crippen molar-refractivity contribution in [1.29, 1.82) is 0 Å². The lowest BCUT2D eigenvalue weighted by atomic mass is 10.2. The molecule has 0 aromatic heterocycles. The van der Waals surface area contributed by atoms with Gasteiger partial charge in [0.25, 0.3) is 0 Å². The lowest BCUT2D eigenvalue weighted by Crippen LogP contribution is -2.30. The molecule has 7 nitrogen and oxygen atoms in total. The van der Waals surface area contributed by atoms with Crippen LogP contribution >= 0.6 is 0 Å². The van der Waals surface area contributed by atoms with Crippen LogP contribution in [-0.4, -0.2) is 23.7 Å². The van der Waals surface area contributed by atoms with Crippen LogP contribution in [0.15, 0.2) is 5.22 Å². The SMILES string of the molecule is [N-]=[N+]=NNCCC[C@@H](N)C(=O)O. The van der Waals surface area contributed by atoms with Crippen LogP contribution in [0.4, 0.5) is 0 Å². The van der Waals surface area contributed by atoms with E-state index in [9.17, 15) is 4.79 Å². The molecule has 1 atom stereocenters. The fraction of sp³-hybridized carbons (Fsp3) is 0.800. The van der Waals surface area contributed by atoms with E-state index in [0.29, 0.717) is 19.4 Å². The summed E-state index contributed by atoms with van der Waals surface area (Å²) < 4.78 is 0. The van der Waals surface area contributed by atoms with Crippen molar-refractivity contribution >= 4 is 5.97 Å². The fourth-order valence-corrected chi connectivity index (χ4v) is 0.606. The van der Waals surface area contributed by atoms with E-state index in [4.69, 9.17) is 16.4 Å². The largest absolute Gasteiger partial charge is 0.480 e. The highest BCUT2D eigenvalue weighted by Crippen LogP contribution is 1.92. The van der Waals surface area contributed by atoms with Crippen molar-refractivity contribution in [3.8, 4) is 0 Å². The molecule has 12 heavy (non-hydrogen) atoms. The average Bonchev–Trinajstić information content (AvgIpc) is 2.03. The Morgan fingerprint density at radius 2 is 2.50 bits per heavy atom. The zero-order valence-corrected chi connectivity index (χ0v) is 6.47. The van der Waals surface area contributed by atoms with Gasteiger partial charge in [0.2, 0.25) is 0 Å². The maximum Gasteiger partial charge on any atom is 0.320 e. The van der Waals surface area contributed by atoms with Gasteiger partial charge in [-0.2, -0.15) is 4.91 Å². The number of carbonyl (C=O) groups is 1. The standard InChI is InChI=1S/C5H11N5O2/c6-4(5(11)12)2-1-3-8-10-9-7/h4,8H,1-3,6H2,(H,11,12)/t4-/m1/s1. The summed E-state index contributed by atoms with van der Waals surface area (Å²) in [6.45, 7) is 0.436. The second kappa shape index (κ2) is 6.26. The van der Waals surface area contributed by atoms with Crippen molar-refractivity contribution in [1.82, 2.24) is 5.43 Å². The van der Waals surface area contributed by atoms with Crippen LogP contribution in [0.25, 0.3) is 10.4 Å². The molecule has 0 saturated carbocycles. The van der Waals surface area contributed by atoms with E-state index in [1.807, 2.05) is 0 Å². The number of hydrogen-bond acceptors (Lipinski definition) is 3. The predicted octanol–water partition coefficient (Wildman–Crippen LogP) is -0.00660. The predicted molar refractivity (Wildman–Crippen MR) is 42.0 cm³/mol. The average molecular weight is 173 g/mol. The van der Waals surface area contributed by atoms with Gasteiger partial charge in [-0.05, 0) is 18.1 Å². The minimum Gasteiger partial charge on any atom is -0.480 e. The molecule has 0 aliphatic heterocycles. The molecular weight excluding hydrogens is 162 g/mol. The van der Waals surface area contributed by atoms with Crippen LogP contribution < -0.4 is 11.2 Å². The molecule has 0 rings (SSSR count). The molecule has 0 saturated heterocycles. The highest BCUT2D eigenvalue weighted by molar-refractivity contribution is 5.72. The molecule has 4 N–H and O–H groups in total. The Kier molecular flexibility index (Phi) is 5.50. The van der Waals surface area contributed by atoms with Crippen LogP contribution in [0, 0.1) is 0 Å². The molecule has 0 bridgehead atoms. The van der Waals surface area contributed by atoms with Crippen molar-refractivity contribution in [2.45, 2.75) is 18.9 Å². The number of azide groups is 1. The molecule has 0 unspecified atom stereocenters. The molecule has 0 radical (unpaired) electrons. The Bertz CT molecular complexity index is 188. The summed E-state index contributed by atoms with van der Waals surface area (Å²) >= 11 is 0. The number of aliphatic carboxylic acids is 1. The summed E-state index contributed by atoms with van der Waals surface area (Å²) in [5.41, 5.74) is 15.4. The van der Waals surface area contributed by atoms with Gasteiger partial charge in [-0.25, -0.2) is 0 Å². The van der Waals surface area contributed by atoms with Gasteiger partial charge in [0.15, 0.2) is 0 Å². The molecular formula is C5H11N5O2. The highest BCUT2D eigenvalue weighted by Gasteiger charge is 2.09. The van der Waals surface area contributed by atoms with E-state index in [2.05, 4.69) is 15.6 Å². The summed E-state index contributed by atoms with van der Waals surface area (Å²) in [4.78, 5) is 12.6. The van der Waals surface area contributed by atoms with Gasteiger partial charge >= 0.3 is 5.97 Å². The topological polar surface area (TPSA) is 124 Å². The summed E-state index contributed by atoms with van der Waals surface area (Å²) in [6, 6.07) is -0.835. The van der Waals surface area contributed by atoms with Gasteiger partial charge in [0.05, 0.1) is 6.54 Å². The molecule has 0 aromatic rings. The Morgan fingerprint density at radius 1 is 1.83 bits per heavy atom.